The summed E-state index contributed by atoms with van der Waals surface area (Å²) >= 11 is 1.28. The number of thioether (sulfide) groups is 1. The van der Waals surface area contributed by atoms with Crippen LogP contribution in [0.25, 0.3) is 0 Å². The first-order valence-corrected chi connectivity index (χ1v) is 16.2. The van der Waals surface area contributed by atoms with Crippen LogP contribution in [0.3, 0.4) is 0 Å². The number of hydrogen-bond acceptors (Lipinski definition) is 10. The van der Waals surface area contributed by atoms with Crippen molar-refractivity contribution in [2.75, 3.05) is 23.8 Å². The Morgan fingerprint density at radius 3 is 1.95 bits per heavy atom. The molecular formula is C29H36NNa3O9S2. The summed E-state index contributed by atoms with van der Waals surface area (Å²) in [7, 11) is -3.38. The van der Waals surface area contributed by atoms with Gasteiger partial charge in [-0.05, 0) is 43.7 Å². The van der Waals surface area contributed by atoms with Crippen LogP contribution in [0.15, 0.2) is 53.0 Å². The first kappa shape index (κ1) is 46.0. The quantitative estimate of drug-likeness (QED) is 0.123. The van der Waals surface area contributed by atoms with E-state index < -0.39 is 63.2 Å². The van der Waals surface area contributed by atoms with Crippen LogP contribution in [0.4, 0.5) is 0 Å². The molecule has 10 nitrogen and oxygen atoms in total. The normalized spacial score (nSPS) is 16.1. The fourth-order valence-corrected chi connectivity index (χ4v) is 7.61. The number of carboxylic acids is 3. The van der Waals surface area contributed by atoms with E-state index in [9.17, 15) is 42.9 Å². The standard InChI is InChI=1S/C29H39NO9S2.3Na/c1-18-9-11-22(12-10-18)41(38,39)16-15-40-14-13-30-26(31)20(3)24(28(34)35)25(29(36)37)23(27(32)33)17-19(2)21-7-5-4-6-8-21;;;/h4-9,11,19-20,23-25H,10,12-17H2,1-3H3,(H,30,31)(H,32,33)(H,34,35)(H,36,37);;;/q;3*+1/p-3. The van der Waals surface area contributed by atoms with Crippen LogP contribution in [0.5, 0.6) is 0 Å². The minimum atomic E-state index is -3.38. The summed E-state index contributed by atoms with van der Waals surface area (Å²) in [5, 5.41) is 38.7. The number of rotatable bonds is 17. The molecule has 0 saturated carbocycles. The summed E-state index contributed by atoms with van der Waals surface area (Å²) in [5.41, 5.74) is 1.84. The van der Waals surface area contributed by atoms with Gasteiger partial charge in [-0.2, -0.15) is 11.8 Å². The Labute approximate surface area is 330 Å². The minimum absolute atomic E-state index is 0. The van der Waals surface area contributed by atoms with Gasteiger partial charge >= 0.3 is 88.7 Å². The topological polar surface area (TPSA) is 184 Å². The van der Waals surface area contributed by atoms with Gasteiger partial charge in [0.05, 0.1) is 5.75 Å². The number of nitrogens with one attached hydrogen (secondary N) is 1. The third-order valence-corrected chi connectivity index (χ3v) is 10.5. The van der Waals surface area contributed by atoms with Crippen LogP contribution >= 0.6 is 11.8 Å². The number of amides is 1. The molecule has 5 atom stereocenters. The molecular weight excluding hydrogens is 639 g/mol. The van der Waals surface area contributed by atoms with E-state index in [0.717, 1.165) is 11.1 Å². The zero-order valence-corrected chi connectivity index (χ0v) is 34.0. The fourth-order valence-electron chi connectivity index (χ4n) is 4.86. The van der Waals surface area contributed by atoms with E-state index in [1.807, 2.05) is 6.92 Å². The average Bonchev–Trinajstić information content (AvgIpc) is 2.92. The number of carbonyl (C=O) groups is 4. The number of aliphatic carboxylic acids is 3. The van der Waals surface area contributed by atoms with Crippen molar-refractivity contribution in [1.29, 1.82) is 0 Å². The molecule has 1 amide bonds. The van der Waals surface area contributed by atoms with Gasteiger partial charge in [0.25, 0.3) is 0 Å². The van der Waals surface area contributed by atoms with Crippen LogP contribution in [-0.4, -0.2) is 56.0 Å². The molecule has 1 aliphatic carbocycles. The van der Waals surface area contributed by atoms with Crippen molar-refractivity contribution in [1.82, 2.24) is 5.32 Å². The second-order valence-corrected chi connectivity index (χ2v) is 13.7. The molecule has 0 heterocycles. The largest absolute Gasteiger partial charge is 1.00 e. The molecule has 0 aromatic heterocycles. The van der Waals surface area contributed by atoms with Crippen molar-refractivity contribution in [3.8, 4) is 0 Å². The van der Waals surface area contributed by atoms with E-state index in [1.54, 1.807) is 49.4 Å². The molecule has 15 heteroatoms. The summed E-state index contributed by atoms with van der Waals surface area (Å²) in [6, 6.07) is 8.69. The number of carbonyl (C=O) groups excluding carboxylic acids is 4. The Balaban J connectivity index is 0. The van der Waals surface area contributed by atoms with Gasteiger partial charge in [-0.15, -0.1) is 0 Å². The third kappa shape index (κ3) is 14.3. The zero-order chi connectivity index (χ0) is 30.7. The molecule has 1 aliphatic rings. The summed E-state index contributed by atoms with van der Waals surface area (Å²) < 4.78 is 25.0. The van der Waals surface area contributed by atoms with Gasteiger partial charge in [0.1, 0.15) is 0 Å². The molecule has 226 valence electrons. The number of carboxylic acid groups (broad SMARTS) is 3. The molecule has 0 bridgehead atoms. The van der Waals surface area contributed by atoms with E-state index in [2.05, 4.69) is 5.32 Å². The van der Waals surface area contributed by atoms with E-state index in [1.165, 1.54) is 18.7 Å². The van der Waals surface area contributed by atoms with Gasteiger partial charge in [-0.1, -0.05) is 55.8 Å². The molecule has 0 saturated heterocycles. The van der Waals surface area contributed by atoms with Crippen LogP contribution in [0, 0.1) is 23.7 Å². The van der Waals surface area contributed by atoms with Crippen LogP contribution in [-0.2, 0) is 29.0 Å². The SMILES string of the molecule is CC1=CC=C(S(=O)(=O)CCSCCNC(=O)C(C)C(C(=O)[O-])C(C(=O)[O-])C(CC(C)c2ccccc2)C(=O)[O-])CC1.[Na+].[Na+].[Na+]. The molecule has 1 aromatic rings. The molecule has 0 spiro atoms. The maximum atomic E-state index is 12.8. The second kappa shape index (κ2) is 22.4. The summed E-state index contributed by atoms with van der Waals surface area (Å²) in [5.74, 6) is -13.6. The van der Waals surface area contributed by atoms with E-state index in [0.29, 0.717) is 23.5 Å². The van der Waals surface area contributed by atoms with Crippen LogP contribution < -0.4 is 109 Å². The Kier molecular flexibility index (Phi) is 23.5. The predicted molar refractivity (Wildman–Crippen MR) is 149 cm³/mol. The first-order chi connectivity index (χ1) is 19.3. The number of hydrogen-bond donors (Lipinski definition) is 1. The molecule has 0 fully saturated rings. The molecule has 1 aromatic carbocycles. The van der Waals surface area contributed by atoms with E-state index in [-0.39, 0.29) is 113 Å². The third-order valence-electron chi connectivity index (χ3n) is 7.36. The van der Waals surface area contributed by atoms with Gasteiger partial charge in [0.15, 0.2) is 9.84 Å². The molecule has 44 heavy (non-hydrogen) atoms. The Bertz CT molecular complexity index is 1270. The molecule has 2 rings (SSSR count). The van der Waals surface area contributed by atoms with Crippen molar-refractivity contribution in [3.63, 3.8) is 0 Å². The van der Waals surface area contributed by atoms with Crippen molar-refractivity contribution in [2.45, 2.75) is 46.0 Å². The summed E-state index contributed by atoms with van der Waals surface area (Å²) in [6.07, 6.45) is 4.34. The Hall–Kier alpha value is -0.120. The van der Waals surface area contributed by atoms with Gasteiger partial charge in [-0.25, -0.2) is 8.42 Å². The summed E-state index contributed by atoms with van der Waals surface area (Å²) in [4.78, 5) is 49.4. The number of benzene rings is 1. The van der Waals surface area contributed by atoms with Gasteiger partial charge in [0.2, 0.25) is 5.91 Å². The number of allylic oxidation sites excluding steroid dienone is 4. The van der Waals surface area contributed by atoms with Gasteiger partial charge in [-0.3, -0.25) is 4.79 Å². The number of sulfone groups is 1. The van der Waals surface area contributed by atoms with Crippen LogP contribution in [0.2, 0.25) is 0 Å². The summed E-state index contributed by atoms with van der Waals surface area (Å²) in [6.45, 7) is 4.86. The fraction of sp³-hybridized carbons (Fsp3) is 0.517. The van der Waals surface area contributed by atoms with Crippen molar-refractivity contribution in [3.05, 3.63) is 58.5 Å². The predicted octanol–water partition coefficient (Wildman–Crippen LogP) is -9.19. The maximum Gasteiger partial charge on any atom is 1.00 e. The van der Waals surface area contributed by atoms with Gasteiger partial charge in [0, 0.05) is 64.5 Å². The van der Waals surface area contributed by atoms with Crippen molar-refractivity contribution in [2.24, 2.45) is 23.7 Å². The zero-order valence-electron chi connectivity index (χ0n) is 26.4. The monoisotopic (exact) mass is 675 g/mol. The maximum absolute atomic E-state index is 12.8. The van der Waals surface area contributed by atoms with Gasteiger partial charge < -0.3 is 35.0 Å². The second-order valence-electron chi connectivity index (χ2n) is 10.3. The van der Waals surface area contributed by atoms with E-state index in [4.69, 9.17) is 0 Å². The van der Waals surface area contributed by atoms with Crippen molar-refractivity contribution < 1.29 is 132 Å². The van der Waals surface area contributed by atoms with Crippen LogP contribution in [0.1, 0.15) is 51.5 Å². The average molecular weight is 676 g/mol. The van der Waals surface area contributed by atoms with E-state index >= 15 is 0 Å². The van der Waals surface area contributed by atoms with Crippen molar-refractivity contribution >= 4 is 45.4 Å². The molecule has 5 unspecified atom stereocenters. The molecule has 1 N–H and O–H groups in total. The smallest absolute Gasteiger partial charge is 0.550 e. The Morgan fingerprint density at radius 1 is 0.864 bits per heavy atom. The molecule has 0 aliphatic heterocycles. The Morgan fingerprint density at radius 2 is 1.45 bits per heavy atom. The first-order valence-electron chi connectivity index (χ1n) is 13.4. The molecule has 0 radical (unpaired) electrons. The minimum Gasteiger partial charge on any atom is -0.550 e.